The Balaban J connectivity index is 1.80. The predicted octanol–water partition coefficient (Wildman–Crippen LogP) is 3.46. The van der Waals surface area contributed by atoms with Crippen molar-refractivity contribution in [2.45, 2.75) is 57.9 Å². The van der Waals surface area contributed by atoms with E-state index in [-0.39, 0.29) is 11.8 Å². The molecule has 3 heteroatoms. The van der Waals surface area contributed by atoms with Gasteiger partial charge in [0.1, 0.15) is 0 Å². The molecule has 3 nitrogen and oxygen atoms in total. The summed E-state index contributed by atoms with van der Waals surface area (Å²) in [6.07, 6.45) is 5.28. The molecule has 1 atom stereocenters. The fraction of sp³-hybridized carbons (Fsp3) is 0.588. The molecule has 1 aromatic carbocycles. The SMILES string of the molecule is CC1CCC(NC(=O)CC(C)c2ccc(N)cc2)CC1. The van der Waals surface area contributed by atoms with Gasteiger partial charge in [0.25, 0.3) is 0 Å². The smallest absolute Gasteiger partial charge is 0.220 e. The van der Waals surface area contributed by atoms with Crippen molar-refractivity contribution in [3.63, 3.8) is 0 Å². The molecule has 2 rings (SSSR count). The Morgan fingerprint density at radius 1 is 1.25 bits per heavy atom. The molecule has 1 unspecified atom stereocenters. The number of anilines is 1. The van der Waals surface area contributed by atoms with Gasteiger partial charge in [-0.15, -0.1) is 0 Å². The van der Waals surface area contributed by atoms with E-state index in [1.807, 2.05) is 24.3 Å². The molecule has 110 valence electrons. The summed E-state index contributed by atoms with van der Waals surface area (Å²) in [5, 5.41) is 3.19. The van der Waals surface area contributed by atoms with Crippen LogP contribution in [0.25, 0.3) is 0 Å². The van der Waals surface area contributed by atoms with Crippen LogP contribution in [0.15, 0.2) is 24.3 Å². The minimum absolute atomic E-state index is 0.175. The second kappa shape index (κ2) is 6.78. The van der Waals surface area contributed by atoms with Gasteiger partial charge in [-0.2, -0.15) is 0 Å². The first-order valence-electron chi connectivity index (χ1n) is 7.69. The summed E-state index contributed by atoms with van der Waals surface area (Å²) >= 11 is 0. The average molecular weight is 274 g/mol. The van der Waals surface area contributed by atoms with Crippen LogP contribution in [0.3, 0.4) is 0 Å². The van der Waals surface area contributed by atoms with Gasteiger partial charge in [-0.1, -0.05) is 26.0 Å². The fourth-order valence-corrected chi connectivity index (χ4v) is 2.91. The van der Waals surface area contributed by atoms with Crippen molar-refractivity contribution in [1.29, 1.82) is 0 Å². The topological polar surface area (TPSA) is 55.1 Å². The van der Waals surface area contributed by atoms with Crippen molar-refractivity contribution in [2.75, 3.05) is 5.73 Å². The molecule has 0 aromatic heterocycles. The van der Waals surface area contributed by atoms with Gasteiger partial charge in [0.2, 0.25) is 5.91 Å². The highest BCUT2D eigenvalue weighted by Crippen LogP contribution is 2.24. The van der Waals surface area contributed by atoms with Crippen molar-refractivity contribution in [3.8, 4) is 0 Å². The predicted molar refractivity (Wildman–Crippen MR) is 83.4 cm³/mol. The number of nitrogens with one attached hydrogen (secondary N) is 1. The molecule has 0 spiro atoms. The molecule has 0 bridgehead atoms. The van der Waals surface area contributed by atoms with E-state index < -0.39 is 0 Å². The molecular weight excluding hydrogens is 248 g/mol. The van der Waals surface area contributed by atoms with Crippen molar-refractivity contribution in [1.82, 2.24) is 5.32 Å². The molecule has 0 saturated heterocycles. The van der Waals surface area contributed by atoms with Crippen molar-refractivity contribution >= 4 is 11.6 Å². The van der Waals surface area contributed by atoms with E-state index >= 15 is 0 Å². The minimum Gasteiger partial charge on any atom is -0.399 e. The second-order valence-corrected chi connectivity index (χ2v) is 6.30. The molecule has 1 aliphatic carbocycles. The van der Waals surface area contributed by atoms with Gasteiger partial charge in [0.05, 0.1) is 0 Å². The maximum Gasteiger partial charge on any atom is 0.220 e. The van der Waals surface area contributed by atoms with Gasteiger partial charge in [-0.25, -0.2) is 0 Å². The van der Waals surface area contributed by atoms with Crippen LogP contribution in [0.1, 0.15) is 57.4 Å². The van der Waals surface area contributed by atoms with Crippen molar-refractivity contribution in [2.24, 2.45) is 5.92 Å². The molecule has 3 N–H and O–H groups in total. The summed E-state index contributed by atoms with van der Waals surface area (Å²) in [5.74, 6) is 1.23. The van der Waals surface area contributed by atoms with Gasteiger partial charge in [0.15, 0.2) is 0 Å². The Morgan fingerprint density at radius 2 is 1.85 bits per heavy atom. The molecular formula is C17H26N2O. The van der Waals surface area contributed by atoms with E-state index in [1.165, 1.54) is 18.4 Å². The van der Waals surface area contributed by atoms with Crippen LogP contribution in [0.4, 0.5) is 5.69 Å². The lowest BCUT2D eigenvalue weighted by Gasteiger charge is -2.27. The molecule has 1 saturated carbocycles. The molecule has 20 heavy (non-hydrogen) atoms. The number of nitrogen functional groups attached to an aromatic ring is 1. The summed E-state index contributed by atoms with van der Waals surface area (Å²) in [6.45, 7) is 4.38. The first kappa shape index (κ1) is 14.9. The number of hydrogen-bond donors (Lipinski definition) is 2. The highest BCUT2D eigenvalue weighted by molar-refractivity contribution is 5.77. The zero-order valence-corrected chi connectivity index (χ0v) is 12.6. The largest absolute Gasteiger partial charge is 0.399 e. The number of hydrogen-bond acceptors (Lipinski definition) is 2. The molecule has 0 heterocycles. The highest BCUT2D eigenvalue weighted by atomic mass is 16.1. The van der Waals surface area contributed by atoms with E-state index in [1.54, 1.807) is 0 Å². The number of carbonyl (C=O) groups excluding carboxylic acids is 1. The Hall–Kier alpha value is -1.51. The number of nitrogens with two attached hydrogens (primary N) is 1. The number of rotatable bonds is 4. The van der Waals surface area contributed by atoms with Crippen LogP contribution in [0, 0.1) is 5.92 Å². The van der Waals surface area contributed by atoms with Crippen LogP contribution < -0.4 is 11.1 Å². The lowest BCUT2D eigenvalue weighted by molar-refractivity contribution is -0.122. The van der Waals surface area contributed by atoms with Crippen LogP contribution >= 0.6 is 0 Å². The van der Waals surface area contributed by atoms with Gasteiger partial charge in [-0.3, -0.25) is 4.79 Å². The van der Waals surface area contributed by atoms with E-state index in [4.69, 9.17) is 5.73 Å². The first-order valence-corrected chi connectivity index (χ1v) is 7.69. The molecule has 1 fully saturated rings. The first-order chi connectivity index (χ1) is 9.54. The van der Waals surface area contributed by atoms with Crippen LogP contribution in [0.2, 0.25) is 0 Å². The molecule has 0 radical (unpaired) electrons. The summed E-state index contributed by atoms with van der Waals surface area (Å²) in [5.41, 5.74) is 7.62. The molecule has 1 aromatic rings. The van der Waals surface area contributed by atoms with Crippen LogP contribution in [0.5, 0.6) is 0 Å². The van der Waals surface area contributed by atoms with E-state index in [2.05, 4.69) is 19.2 Å². The lowest BCUT2D eigenvalue weighted by Crippen LogP contribution is -2.37. The third kappa shape index (κ3) is 4.26. The Kier molecular flexibility index (Phi) is 5.05. The summed E-state index contributed by atoms with van der Waals surface area (Å²) in [4.78, 5) is 12.1. The second-order valence-electron chi connectivity index (χ2n) is 6.30. The number of benzene rings is 1. The Morgan fingerprint density at radius 3 is 2.45 bits per heavy atom. The van der Waals surface area contributed by atoms with E-state index in [0.29, 0.717) is 12.5 Å². The van der Waals surface area contributed by atoms with Gasteiger partial charge < -0.3 is 11.1 Å². The fourth-order valence-electron chi connectivity index (χ4n) is 2.91. The van der Waals surface area contributed by atoms with Gasteiger partial charge in [0, 0.05) is 18.2 Å². The zero-order chi connectivity index (χ0) is 14.5. The average Bonchev–Trinajstić information content (AvgIpc) is 2.42. The maximum atomic E-state index is 12.1. The van der Waals surface area contributed by atoms with E-state index in [9.17, 15) is 4.79 Å². The summed E-state index contributed by atoms with van der Waals surface area (Å²) in [6, 6.07) is 8.20. The molecule has 1 amide bonds. The van der Waals surface area contributed by atoms with Crippen molar-refractivity contribution in [3.05, 3.63) is 29.8 Å². The summed E-state index contributed by atoms with van der Waals surface area (Å²) in [7, 11) is 0. The quantitative estimate of drug-likeness (QED) is 0.826. The standard InChI is InChI=1S/C17H26N2O/c1-12-3-9-16(10-4-12)19-17(20)11-13(2)14-5-7-15(18)8-6-14/h5-8,12-13,16H,3-4,9-11,18H2,1-2H3,(H,19,20). The van der Waals surface area contributed by atoms with Gasteiger partial charge in [-0.05, 0) is 55.2 Å². The zero-order valence-electron chi connectivity index (χ0n) is 12.6. The third-order valence-corrected chi connectivity index (χ3v) is 4.38. The van der Waals surface area contributed by atoms with Crippen LogP contribution in [-0.4, -0.2) is 11.9 Å². The van der Waals surface area contributed by atoms with Gasteiger partial charge >= 0.3 is 0 Å². The highest BCUT2D eigenvalue weighted by Gasteiger charge is 2.20. The Bertz CT molecular complexity index is 433. The third-order valence-electron chi connectivity index (χ3n) is 4.38. The molecule has 0 aliphatic heterocycles. The summed E-state index contributed by atoms with van der Waals surface area (Å²) < 4.78 is 0. The monoisotopic (exact) mass is 274 g/mol. The number of amides is 1. The Labute approximate surface area is 121 Å². The normalized spacial score (nSPS) is 24.1. The van der Waals surface area contributed by atoms with Crippen molar-refractivity contribution < 1.29 is 4.79 Å². The molecule has 1 aliphatic rings. The lowest BCUT2D eigenvalue weighted by atomic mass is 9.87. The minimum atomic E-state index is 0.175. The maximum absolute atomic E-state index is 12.1. The van der Waals surface area contributed by atoms with Crippen LogP contribution in [-0.2, 0) is 4.79 Å². The van der Waals surface area contributed by atoms with E-state index in [0.717, 1.165) is 24.4 Å². The number of carbonyl (C=O) groups is 1.